The third kappa shape index (κ3) is 4.33. The van der Waals surface area contributed by atoms with Crippen molar-refractivity contribution in [3.05, 3.63) is 34.7 Å². The number of aryl methyl sites for hydroxylation is 1. The topological polar surface area (TPSA) is 48.0 Å². The first kappa shape index (κ1) is 19.3. The molecule has 150 valence electrons. The zero-order valence-electron chi connectivity index (χ0n) is 16.5. The smallest absolute Gasteiger partial charge is 0.219 e. The summed E-state index contributed by atoms with van der Waals surface area (Å²) in [5.74, 6) is 1.57. The van der Waals surface area contributed by atoms with Crippen LogP contribution in [0.1, 0.15) is 36.6 Å². The molecule has 0 aliphatic carbocycles. The zero-order valence-corrected chi connectivity index (χ0v) is 17.3. The Bertz CT molecular complexity index is 841. The molecule has 5 nitrogen and oxygen atoms in total. The monoisotopic (exact) mass is 401 g/mol. The van der Waals surface area contributed by atoms with E-state index in [9.17, 15) is 4.79 Å². The first-order valence-corrected chi connectivity index (χ1v) is 10.8. The van der Waals surface area contributed by atoms with Gasteiger partial charge in [0.25, 0.3) is 0 Å². The number of amides is 1. The van der Waals surface area contributed by atoms with Crippen LogP contribution in [-0.2, 0) is 16.1 Å². The molecule has 6 heteroatoms. The van der Waals surface area contributed by atoms with Crippen molar-refractivity contribution in [2.75, 3.05) is 26.4 Å². The van der Waals surface area contributed by atoms with Crippen molar-refractivity contribution < 1.29 is 19.0 Å². The number of hydrogen-bond acceptors (Lipinski definition) is 5. The van der Waals surface area contributed by atoms with Gasteiger partial charge < -0.3 is 19.1 Å². The molecule has 1 aromatic heterocycles. The molecule has 1 saturated heterocycles. The number of nitrogens with zero attached hydrogens (tertiary/aromatic N) is 1. The molecule has 2 aromatic rings. The number of ether oxygens (including phenoxy) is 3. The molecule has 28 heavy (non-hydrogen) atoms. The number of carbonyl (C=O) groups is 1. The summed E-state index contributed by atoms with van der Waals surface area (Å²) >= 11 is 1.76. The molecule has 2 aliphatic rings. The van der Waals surface area contributed by atoms with Crippen LogP contribution in [0.2, 0.25) is 0 Å². The molecule has 0 radical (unpaired) electrons. The van der Waals surface area contributed by atoms with Gasteiger partial charge in [-0.1, -0.05) is 0 Å². The number of rotatable bonds is 4. The fourth-order valence-corrected chi connectivity index (χ4v) is 4.57. The maximum absolute atomic E-state index is 12.0. The van der Waals surface area contributed by atoms with Crippen molar-refractivity contribution in [2.24, 2.45) is 0 Å². The van der Waals surface area contributed by atoms with Crippen LogP contribution in [0.15, 0.2) is 24.3 Å². The van der Waals surface area contributed by atoms with Gasteiger partial charge in [-0.05, 0) is 56.0 Å². The van der Waals surface area contributed by atoms with Gasteiger partial charge in [0.2, 0.25) is 5.91 Å². The fourth-order valence-electron chi connectivity index (χ4n) is 3.71. The summed E-state index contributed by atoms with van der Waals surface area (Å²) in [5.41, 5.74) is 2.10. The predicted molar refractivity (Wildman–Crippen MR) is 110 cm³/mol. The van der Waals surface area contributed by atoms with Crippen LogP contribution in [0.25, 0.3) is 10.4 Å². The lowest BCUT2D eigenvalue weighted by molar-refractivity contribution is -0.129. The minimum atomic E-state index is 0.0619. The average Bonchev–Trinajstić information content (AvgIpc) is 3.01. The molecule has 1 amide bonds. The van der Waals surface area contributed by atoms with E-state index < -0.39 is 0 Å². The Balaban J connectivity index is 1.66. The Morgan fingerprint density at radius 3 is 2.89 bits per heavy atom. The summed E-state index contributed by atoms with van der Waals surface area (Å²) in [4.78, 5) is 16.2. The van der Waals surface area contributed by atoms with Crippen LogP contribution >= 0.6 is 11.3 Å². The van der Waals surface area contributed by atoms with Crippen LogP contribution < -0.4 is 9.47 Å². The van der Waals surface area contributed by atoms with Crippen LogP contribution in [0.5, 0.6) is 11.5 Å². The number of benzene rings is 1. The highest BCUT2D eigenvalue weighted by atomic mass is 32.1. The summed E-state index contributed by atoms with van der Waals surface area (Å²) in [6, 6.07) is 8.46. The van der Waals surface area contributed by atoms with Crippen molar-refractivity contribution in [3.63, 3.8) is 0 Å². The second-order valence-electron chi connectivity index (χ2n) is 7.46. The van der Waals surface area contributed by atoms with Gasteiger partial charge in [-0.25, -0.2) is 0 Å². The molecule has 0 spiro atoms. The van der Waals surface area contributed by atoms with Crippen molar-refractivity contribution in [1.29, 1.82) is 0 Å². The molecular formula is C22H27NO4S. The summed E-state index contributed by atoms with van der Waals surface area (Å²) in [6.45, 7) is 6.65. The van der Waals surface area contributed by atoms with E-state index in [4.69, 9.17) is 14.2 Å². The Morgan fingerprint density at radius 1 is 1.29 bits per heavy atom. The molecule has 0 unspecified atom stereocenters. The Labute approximate surface area is 170 Å². The van der Waals surface area contributed by atoms with E-state index in [1.807, 2.05) is 4.90 Å². The second-order valence-corrected chi connectivity index (χ2v) is 8.75. The third-order valence-electron chi connectivity index (χ3n) is 5.27. The van der Waals surface area contributed by atoms with Gasteiger partial charge >= 0.3 is 0 Å². The summed E-state index contributed by atoms with van der Waals surface area (Å²) < 4.78 is 18.1. The Kier molecular flexibility index (Phi) is 5.87. The molecule has 0 N–H and O–H groups in total. The highest BCUT2D eigenvalue weighted by Crippen LogP contribution is 2.40. The third-order valence-corrected chi connectivity index (χ3v) is 6.32. The highest BCUT2D eigenvalue weighted by molar-refractivity contribution is 7.15. The second kappa shape index (κ2) is 8.53. The molecule has 4 rings (SSSR count). The standard InChI is InChI=1S/C22H27NO4S/c1-15-6-7-21(28-15)17-11-18-13-23(16(2)24)8-10-26-22(18)20(12-17)27-14-19-5-3-4-9-25-19/h6-7,11-12,19H,3-5,8-10,13-14H2,1-2H3/t19-/m1/s1. The fraction of sp³-hybridized carbons (Fsp3) is 0.500. The predicted octanol–water partition coefficient (Wildman–Crippen LogP) is 4.41. The van der Waals surface area contributed by atoms with E-state index in [0.29, 0.717) is 26.3 Å². The molecule has 0 bridgehead atoms. The maximum atomic E-state index is 12.0. The van der Waals surface area contributed by atoms with Crippen molar-refractivity contribution in [2.45, 2.75) is 45.8 Å². The maximum Gasteiger partial charge on any atom is 0.219 e. The van der Waals surface area contributed by atoms with E-state index in [1.165, 1.54) is 16.2 Å². The number of hydrogen-bond donors (Lipinski definition) is 0. The normalized spacial score (nSPS) is 19.5. The average molecular weight is 402 g/mol. The zero-order chi connectivity index (χ0) is 19.5. The molecule has 3 heterocycles. The van der Waals surface area contributed by atoms with E-state index in [2.05, 4.69) is 31.2 Å². The molecule has 1 fully saturated rings. The molecular weight excluding hydrogens is 374 g/mol. The minimum Gasteiger partial charge on any atom is -0.487 e. The van der Waals surface area contributed by atoms with Gasteiger partial charge in [0.1, 0.15) is 13.2 Å². The quantitative estimate of drug-likeness (QED) is 0.761. The number of fused-ring (bicyclic) bond motifs is 1. The van der Waals surface area contributed by atoms with Crippen LogP contribution in [0.4, 0.5) is 0 Å². The Hall–Kier alpha value is -2.05. The largest absolute Gasteiger partial charge is 0.487 e. The van der Waals surface area contributed by atoms with Crippen molar-refractivity contribution in [1.82, 2.24) is 4.90 Å². The van der Waals surface area contributed by atoms with E-state index in [-0.39, 0.29) is 12.0 Å². The van der Waals surface area contributed by atoms with Crippen molar-refractivity contribution >= 4 is 17.2 Å². The molecule has 1 atom stereocenters. The Morgan fingerprint density at radius 2 is 2.18 bits per heavy atom. The van der Waals surface area contributed by atoms with Gasteiger partial charge in [0.05, 0.1) is 12.6 Å². The van der Waals surface area contributed by atoms with E-state index >= 15 is 0 Å². The van der Waals surface area contributed by atoms with Crippen LogP contribution in [-0.4, -0.2) is 43.3 Å². The van der Waals surface area contributed by atoms with Crippen molar-refractivity contribution in [3.8, 4) is 21.9 Å². The molecule has 2 aliphatic heterocycles. The van der Waals surface area contributed by atoms with Gasteiger partial charge in [0, 0.05) is 35.4 Å². The number of carbonyl (C=O) groups excluding carboxylic acids is 1. The lowest BCUT2D eigenvalue weighted by Crippen LogP contribution is -2.30. The van der Waals surface area contributed by atoms with Gasteiger partial charge in [0.15, 0.2) is 11.5 Å². The van der Waals surface area contributed by atoms with E-state index in [1.54, 1.807) is 18.3 Å². The lowest BCUT2D eigenvalue weighted by Gasteiger charge is -2.24. The highest BCUT2D eigenvalue weighted by Gasteiger charge is 2.23. The van der Waals surface area contributed by atoms with Crippen LogP contribution in [0, 0.1) is 6.92 Å². The summed E-state index contributed by atoms with van der Waals surface area (Å²) in [6.07, 6.45) is 3.48. The molecule has 0 saturated carbocycles. The number of thiophene rings is 1. The van der Waals surface area contributed by atoms with Gasteiger partial charge in [-0.15, -0.1) is 11.3 Å². The minimum absolute atomic E-state index is 0.0619. The first-order valence-electron chi connectivity index (χ1n) is 9.96. The first-order chi connectivity index (χ1) is 13.6. The van der Waals surface area contributed by atoms with Gasteiger partial charge in [-0.2, -0.15) is 0 Å². The van der Waals surface area contributed by atoms with E-state index in [0.717, 1.165) is 42.1 Å². The summed E-state index contributed by atoms with van der Waals surface area (Å²) in [5, 5.41) is 0. The lowest BCUT2D eigenvalue weighted by atomic mass is 10.1. The SMILES string of the molecule is CC(=O)N1CCOc2c(cc(-c3ccc(C)s3)cc2OC[C@H]2CCCCO2)C1. The van der Waals surface area contributed by atoms with Crippen LogP contribution in [0.3, 0.4) is 0 Å². The summed E-state index contributed by atoms with van der Waals surface area (Å²) in [7, 11) is 0. The molecule has 1 aromatic carbocycles. The van der Waals surface area contributed by atoms with Gasteiger partial charge in [-0.3, -0.25) is 4.79 Å².